The molecule has 26 heavy (non-hydrogen) atoms. The number of hydrogen-bond acceptors (Lipinski definition) is 6. The maximum atomic E-state index is 12.4. The Balaban J connectivity index is 1.80. The number of amides is 2. The van der Waals surface area contributed by atoms with E-state index in [1.165, 1.54) is 0 Å². The molecule has 2 N–H and O–H groups in total. The highest BCUT2D eigenvalue weighted by Gasteiger charge is 2.25. The van der Waals surface area contributed by atoms with E-state index in [9.17, 15) is 9.59 Å². The molecule has 1 fully saturated rings. The van der Waals surface area contributed by atoms with Gasteiger partial charge in [0.15, 0.2) is 0 Å². The summed E-state index contributed by atoms with van der Waals surface area (Å²) >= 11 is 0. The van der Waals surface area contributed by atoms with E-state index >= 15 is 0 Å². The number of unbranched alkanes of at least 4 members (excludes halogenated alkanes) is 2. The standard InChI is InChI=1S/C18H29N5O3/c1-3-5-6-10-19-17-20-11-7-15(22-17)16(24)21-14-8-12-23(13-9-14)18(25)26-4-2/h7,11,14H,3-6,8-10,12-13H2,1-2H3,(H,21,24)(H,19,20,22). The Kier molecular flexibility index (Phi) is 8.11. The normalized spacial score (nSPS) is 14.8. The predicted molar refractivity (Wildman–Crippen MR) is 99.1 cm³/mol. The van der Waals surface area contributed by atoms with E-state index in [1.54, 1.807) is 24.1 Å². The summed E-state index contributed by atoms with van der Waals surface area (Å²) in [6.07, 6.45) is 6.07. The molecule has 0 atom stereocenters. The molecule has 2 rings (SSSR count). The van der Waals surface area contributed by atoms with Crippen molar-refractivity contribution in [2.45, 2.75) is 52.0 Å². The lowest BCUT2D eigenvalue weighted by molar-refractivity contribution is 0.0856. The zero-order valence-corrected chi connectivity index (χ0v) is 15.7. The summed E-state index contributed by atoms with van der Waals surface area (Å²) < 4.78 is 5.00. The molecule has 0 radical (unpaired) electrons. The second-order valence-electron chi connectivity index (χ2n) is 6.33. The monoisotopic (exact) mass is 363 g/mol. The Hall–Kier alpha value is -2.38. The van der Waals surface area contributed by atoms with Crippen LogP contribution in [0.5, 0.6) is 0 Å². The SMILES string of the molecule is CCCCCNc1nccc(C(=O)NC2CCN(C(=O)OCC)CC2)n1. The van der Waals surface area contributed by atoms with Crippen molar-refractivity contribution in [2.24, 2.45) is 0 Å². The fourth-order valence-electron chi connectivity index (χ4n) is 2.83. The van der Waals surface area contributed by atoms with Crippen molar-refractivity contribution < 1.29 is 14.3 Å². The lowest BCUT2D eigenvalue weighted by atomic mass is 10.1. The van der Waals surface area contributed by atoms with E-state index in [2.05, 4.69) is 27.5 Å². The Morgan fingerprint density at radius 3 is 2.73 bits per heavy atom. The Morgan fingerprint density at radius 1 is 1.27 bits per heavy atom. The summed E-state index contributed by atoms with van der Waals surface area (Å²) in [5.74, 6) is 0.268. The van der Waals surface area contributed by atoms with Gasteiger partial charge in [0.2, 0.25) is 5.95 Å². The van der Waals surface area contributed by atoms with Gasteiger partial charge in [-0.25, -0.2) is 14.8 Å². The molecule has 1 aliphatic heterocycles. The highest BCUT2D eigenvalue weighted by molar-refractivity contribution is 5.92. The number of ether oxygens (including phenoxy) is 1. The van der Waals surface area contributed by atoms with Crippen LogP contribution in [0, 0.1) is 0 Å². The van der Waals surface area contributed by atoms with Gasteiger partial charge < -0.3 is 20.3 Å². The van der Waals surface area contributed by atoms with Gasteiger partial charge in [0, 0.05) is 31.9 Å². The number of aromatic nitrogens is 2. The molecule has 0 unspecified atom stereocenters. The van der Waals surface area contributed by atoms with Crippen molar-refractivity contribution in [3.8, 4) is 0 Å². The maximum absolute atomic E-state index is 12.4. The molecule has 8 nitrogen and oxygen atoms in total. The van der Waals surface area contributed by atoms with E-state index in [-0.39, 0.29) is 18.0 Å². The van der Waals surface area contributed by atoms with Crippen LogP contribution in [0.1, 0.15) is 56.4 Å². The first-order valence-electron chi connectivity index (χ1n) is 9.43. The molecule has 144 valence electrons. The summed E-state index contributed by atoms with van der Waals surface area (Å²) in [6, 6.07) is 1.64. The number of hydrogen-bond donors (Lipinski definition) is 2. The molecule has 1 aliphatic rings. The molecule has 8 heteroatoms. The van der Waals surface area contributed by atoms with Gasteiger partial charge in [0.25, 0.3) is 5.91 Å². The Labute approximate surface area is 154 Å². The van der Waals surface area contributed by atoms with Crippen molar-refractivity contribution in [1.82, 2.24) is 20.2 Å². The first-order valence-corrected chi connectivity index (χ1v) is 9.43. The number of piperidine rings is 1. The van der Waals surface area contributed by atoms with E-state index < -0.39 is 0 Å². The summed E-state index contributed by atoms with van der Waals surface area (Å²) in [5, 5.41) is 6.14. The number of nitrogens with one attached hydrogen (secondary N) is 2. The van der Waals surface area contributed by atoms with Crippen molar-refractivity contribution >= 4 is 17.9 Å². The van der Waals surface area contributed by atoms with Crippen molar-refractivity contribution in [1.29, 1.82) is 0 Å². The highest BCUT2D eigenvalue weighted by atomic mass is 16.6. The molecule has 1 saturated heterocycles. The number of likely N-dealkylation sites (tertiary alicyclic amines) is 1. The molecule has 1 aromatic heterocycles. The predicted octanol–water partition coefficient (Wildman–Crippen LogP) is 2.43. The van der Waals surface area contributed by atoms with Gasteiger partial charge in [-0.15, -0.1) is 0 Å². The van der Waals surface area contributed by atoms with Crippen LogP contribution in [0.15, 0.2) is 12.3 Å². The van der Waals surface area contributed by atoms with Gasteiger partial charge in [0.05, 0.1) is 6.61 Å². The smallest absolute Gasteiger partial charge is 0.409 e. The molecule has 0 saturated carbocycles. The highest BCUT2D eigenvalue weighted by Crippen LogP contribution is 2.12. The topological polar surface area (TPSA) is 96.5 Å². The van der Waals surface area contributed by atoms with Gasteiger partial charge in [-0.2, -0.15) is 0 Å². The number of carbonyl (C=O) groups is 2. The third-order valence-electron chi connectivity index (χ3n) is 4.31. The summed E-state index contributed by atoms with van der Waals surface area (Å²) in [6.45, 7) is 6.27. The van der Waals surface area contributed by atoms with Crippen LogP contribution >= 0.6 is 0 Å². The fraction of sp³-hybridized carbons (Fsp3) is 0.667. The van der Waals surface area contributed by atoms with E-state index in [4.69, 9.17) is 4.74 Å². The minimum absolute atomic E-state index is 0.0316. The number of carbonyl (C=O) groups excluding carboxylic acids is 2. The minimum Gasteiger partial charge on any atom is -0.450 e. The zero-order chi connectivity index (χ0) is 18.8. The first kappa shape index (κ1) is 19.9. The second-order valence-corrected chi connectivity index (χ2v) is 6.33. The molecule has 2 amide bonds. The van der Waals surface area contributed by atoms with Gasteiger partial charge in [-0.05, 0) is 32.3 Å². The molecule has 0 bridgehead atoms. The van der Waals surface area contributed by atoms with Crippen LogP contribution in [0.3, 0.4) is 0 Å². The van der Waals surface area contributed by atoms with Crippen LogP contribution in [0.4, 0.5) is 10.7 Å². The molecule has 0 aliphatic carbocycles. The van der Waals surface area contributed by atoms with Gasteiger partial charge >= 0.3 is 6.09 Å². The Morgan fingerprint density at radius 2 is 2.04 bits per heavy atom. The molecule has 1 aromatic rings. The average molecular weight is 363 g/mol. The molecular weight excluding hydrogens is 334 g/mol. The summed E-state index contributed by atoms with van der Waals surface area (Å²) in [5.41, 5.74) is 0.353. The van der Waals surface area contributed by atoms with E-state index in [1.807, 2.05) is 0 Å². The van der Waals surface area contributed by atoms with Crippen LogP contribution in [0.2, 0.25) is 0 Å². The van der Waals surface area contributed by atoms with Crippen LogP contribution in [0.25, 0.3) is 0 Å². The van der Waals surface area contributed by atoms with Crippen molar-refractivity contribution in [2.75, 3.05) is 31.6 Å². The average Bonchev–Trinajstić information content (AvgIpc) is 2.66. The van der Waals surface area contributed by atoms with Crippen LogP contribution in [-0.2, 0) is 4.74 Å². The second kappa shape index (κ2) is 10.6. The Bertz CT molecular complexity index is 588. The van der Waals surface area contributed by atoms with E-state index in [0.717, 1.165) is 25.8 Å². The largest absolute Gasteiger partial charge is 0.450 e. The van der Waals surface area contributed by atoms with Gasteiger partial charge in [0.1, 0.15) is 5.69 Å². The molecule has 2 heterocycles. The maximum Gasteiger partial charge on any atom is 0.409 e. The third-order valence-corrected chi connectivity index (χ3v) is 4.31. The molecule has 0 spiro atoms. The van der Waals surface area contributed by atoms with Gasteiger partial charge in [-0.3, -0.25) is 4.79 Å². The zero-order valence-electron chi connectivity index (χ0n) is 15.7. The lowest BCUT2D eigenvalue weighted by Crippen LogP contribution is -2.46. The number of nitrogens with zero attached hydrogens (tertiary/aromatic N) is 3. The first-order chi connectivity index (χ1) is 12.6. The molecule has 0 aromatic carbocycles. The minimum atomic E-state index is -0.285. The van der Waals surface area contributed by atoms with Crippen LogP contribution < -0.4 is 10.6 Å². The lowest BCUT2D eigenvalue weighted by Gasteiger charge is -2.31. The van der Waals surface area contributed by atoms with Crippen molar-refractivity contribution in [3.63, 3.8) is 0 Å². The quantitative estimate of drug-likeness (QED) is 0.689. The van der Waals surface area contributed by atoms with Crippen LogP contribution in [-0.4, -0.2) is 59.2 Å². The number of rotatable bonds is 8. The summed E-state index contributed by atoms with van der Waals surface area (Å²) in [4.78, 5) is 34.2. The fourth-order valence-corrected chi connectivity index (χ4v) is 2.83. The van der Waals surface area contributed by atoms with E-state index in [0.29, 0.717) is 44.2 Å². The van der Waals surface area contributed by atoms with Crippen molar-refractivity contribution in [3.05, 3.63) is 18.0 Å². The third kappa shape index (κ3) is 6.16. The number of anilines is 1. The summed E-state index contributed by atoms with van der Waals surface area (Å²) in [7, 11) is 0. The van der Waals surface area contributed by atoms with Gasteiger partial charge in [-0.1, -0.05) is 19.8 Å². The molecular formula is C18H29N5O3.